The summed E-state index contributed by atoms with van der Waals surface area (Å²) in [5.74, 6) is 4.91. The van der Waals surface area contributed by atoms with Crippen molar-refractivity contribution in [3.8, 4) is 29.0 Å². The third kappa shape index (κ3) is 4.26. The van der Waals surface area contributed by atoms with E-state index in [0.29, 0.717) is 17.7 Å². The first-order chi connectivity index (χ1) is 15.8. The fourth-order valence-corrected chi connectivity index (χ4v) is 3.39. The SMILES string of the molecule is CCOC(=O)c1nc(-c2cccc(C#CC3(O)CCN(C)C3=O)c2)nc(-n2cccn2)c1N. The van der Waals surface area contributed by atoms with E-state index in [4.69, 9.17) is 10.5 Å². The van der Waals surface area contributed by atoms with Gasteiger partial charge < -0.3 is 20.5 Å². The van der Waals surface area contributed by atoms with Crippen LogP contribution in [0.3, 0.4) is 0 Å². The molecule has 3 aromatic rings. The second kappa shape index (κ2) is 8.72. The lowest BCUT2D eigenvalue weighted by molar-refractivity contribution is -0.137. The highest BCUT2D eigenvalue weighted by Gasteiger charge is 2.42. The maximum absolute atomic E-state index is 12.5. The molecule has 1 aliphatic rings. The normalized spacial score (nSPS) is 17.5. The Kier molecular flexibility index (Phi) is 5.81. The first-order valence-corrected chi connectivity index (χ1v) is 10.3. The zero-order chi connectivity index (χ0) is 23.6. The fourth-order valence-electron chi connectivity index (χ4n) is 3.39. The number of nitrogen functional groups attached to an aromatic ring is 1. The van der Waals surface area contributed by atoms with E-state index in [1.165, 1.54) is 9.58 Å². The number of likely N-dealkylation sites (tertiary alicyclic amines) is 1. The fraction of sp³-hybridized carbons (Fsp3) is 0.261. The van der Waals surface area contributed by atoms with Crippen LogP contribution in [0, 0.1) is 11.8 Å². The molecule has 0 spiro atoms. The van der Waals surface area contributed by atoms with Crippen LogP contribution in [0.5, 0.6) is 0 Å². The second-order valence-corrected chi connectivity index (χ2v) is 7.47. The van der Waals surface area contributed by atoms with E-state index in [9.17, 15) is 14.7 Å². The summed E-state index contributed by atoms with van der Waals surface area (Å²) in [6.45, 7) is 2.29. The lowest BCUT2D eigenvalue weighted by atomic mass is 10.0. The van der Waals surface area contributed by atoms with Gasteiger partial charge in [0.1, 0.15) is 5.69 Å². The van der Waals surface area contributed by atoms with Gasteiger partial charge in [-0.15, -0.1) is 0 Å². The molecule has 0 saturated carbocycles. The van der Waals surface area contributed by atoms with Crippen LogP contribution in [0.1, 0.15) is 29.4 Å². The minimum atomic E-state index is -1.70. The van der Waals surface area contributed by atoms with E-state index in [1.54, 1.807) is 56.7 Å². The molecule has 1 atom stereocenters. The van der Waals surface area contributed by atoms with Gasteiger partial charge in [-0.3, -0.25) is 4.79 Å². The molecule has 10 heteroatoms. The summed E-state index contributed by atoms with van der Waals surface area (Å²) in [6.07, 6.45) is 3.45. The molecule has 1 aliphatic heterocycles. The molecular formula is C23H22N6O4. The van der Waals surface area contributed by atoms with Crippen molar-refractivity contribution >= 4 is 17.6 Å². The largest absolute Gasteiger partial charge is 0.461 e. The van der Waals surface area contributed by atoms with Gasteiger partial charge in [0.2, 0.25) is 5.60 Å². The standard InChI is InChI=1S/C23H22N6O4/c1-3-33-21(30)18-17(24)20(29-12-5-11-25-29)27-19(26-18)16-7-4-6-15(14-16)8-9-23(32)10-13-28(2)22(23)31/h4-7,11-12,14,32H,3,10,13,24H2,1-2H3. The molecule has 1 unspecified atom stereocenters. The van der Waals surface area contributed by atoms with E-state index in [2.05, 4.69) is 26.9 Å². The lowest BCUT2D eigenvalue weighted by Gasteiger charge is -2.13. The number of nitrogens with two attached hydrogens (primary N) is 1. The Morgan fingerprint density at radius 2 is 2.15 bits per heavy atom. The second-order valence-electron chi connectivity index (χ2n) is 7.47. The average molecular weight is 446 g/mol. The van der Waals surface area contributed by atoms with E-state index < -0.39 is 17.5 Å². The van der Waals surface area contributed by atoms with Crippen LogP contribution in [-0.4, -0.2) is 67.4 Å². The number of carbonyl (C=O) groups excluding carboxylic acids is 2. The Morgan fingerprint density at radius 3 is 2.82 bits per heavy atom. The Bertz CT molecular complexity index is 1280. The van der Waals surface area contributed by atoms with Crippen molar-refractivity contribution < 1.29 is 19.4 Å². The molecule has 0 bridgehead atoms. The number of ether oxygens (including phenoxy) is 1. The number of aliphatic hydroxyl groups is 1. The molecule has 168 valence electrons. The summed E-state index contributed by atoms with van der Waals surface area (Å²) in [5.41, 5.74) is 5.54. The van der Waals surface area contributed by atoms with Crippen LogP contribution in [0.25, 0.3) is 17.2 Å². The topological polar surface area (TPSA) is 136 Å². The molecule has 3 heterocycles. The van der Waals surface area contributed by atoms with Gasteiger partial charge in [0.25, 0.3) is 5.91 Å². The van der Waals surface area contributed by atoms with Gasteiger partial charge in [0.05, 0.1) is 6.61 Å². The average Bonchev–Trinajstić information content (AvgIpc) is 3.44. The first kappa shape index (κ1) is 22.0. The highest BCUT2D eigenvalue weighted by molar-refractivity contribution is 5.95. The van der Waals surface area contributed by atoms with Crippen LogP contribution in [0.4, 0.5) is 5.69 Å². The third-order valence-electron chi connectivity index (χ3n) is 5.16. The zero-order valence-electron chi connectivity index (χ0n) is 18.1. The van der Waals surface area contributed by atoms with Gasteiger partial charge >= 0.3 is 5.97 Å². The van der Waals surface area contributed by atoms with E-state index in [1.807, 2.05) is 0 Å². The van der Waals surface area contributed by atoms with Crippen LogP contribution in [0.15, 0.2) is 42.7 Å². The molecule has 1 aromatic carbocycles. The van der Waals surface area contributed by atoms with Crippen molar-refractivity contribution in [2.45, 2.75) is 18.9 Å². The first-order valence-electron chi connectivity index (χ1n) is 10.3. The molecule has 4 rings (SSSR count). The van der Waals surface area contributed by atoms with Crippen molar-refractivity contribution in [1.82, 2.24) is 24.6 Å². The quantitative estimate of drug-likeness (QED) is 0.448. The number of hydrogen-bond acceptors (Lipinski definition) is 8. The number of esters is 1. The van der Waals surface area contributed by atoms with Crippen molar-refractivity contribution in [3.05, 3.63) is 54.0 Å². The molecular weight excluding hydrogens is 424 g/mol. The number of carbonyl (C=O) groups is 2. The molecule has 3 N–H and O–H groups in total. The number of anilines is 1. The van der Waals surface area contributed by atoms with E-state index in [-0.39, 0.29) is 36.1 Å². The number of hydrogen-bond donors (Lipinski definition) is 2. The summed E-state index contributed by atoms with van der Waals surface area (Å²) in [5, 5.41) is 14.7. The Hall–Kier alpha value is -4.23. The van der Waals surface area contributed by atoms with Gasteiger partial charge in [-0.05, 0) is 25.1 Å². The number of amides is 1. The van der Waals surface area contributed by atoms with Crippen molar-refractivity contribution in [2.24, 2.45) is 0 Å². The van der Waals surface area contributed by atoms with Gasteiger partial charge in [-0.2, -0.15) is 5.10 Å². The Balaban J connectivity index is 1.76. The monoisotopic (exact) mass is 446 g/mol. The van der Waals surface area contributed by atoms with Crippen LogP contribution in [0.2, 0.25) is 0 Å². The molecule has 33 heavy (non-hydrogen) atoms. The van der Waals surface area contributed by atoms with Crippen LogP contribution >= 0.6 is 0 Å². The van der Waals surface area contributed by atoms with E-state index >= 15 is 0 Å². The number of rotatable bonds is 4. The van der Waals surface area contributed by atoms with Crippen LogP contribution < -0.4 is 5.73 Å². The van der Waals surface area contributed by atoms with Crippen molar-refractivity contribution in [1.29, 1.82) is 0 Å². The highest BCUT2D eigenvalue weighted by Crippen LogP contribution is 2.25. The minimum absolute atomic E-state index is 0.0444. The Labute approximate surface area is 190 Å². The van der Waals surface area contributed by atoms with Crippen molar-refractivity contribution in [3.63, 3.8) is 0 Å². The van der Waals surface area contributed by atoms with Crippen LogP contribution in [-0.2, 0) is 9.53 Å². The summed E-state index contributed by atoms with van der Waals surface area (Å²) < 4.78 is 6.53. The molecule has 2 aromatic heterocycles. The number of likely N-dealkylation sites (N-methyl/N-ethyl adjacent to an activating group) is 1. The van der Waals surface area contributed by atoms with Gasteiger partial charge in [0.15, 0.2) is 17.3 Å². The predicted octanol–water partition coefficient (Wildman–Crippen LogP) is 1.03. The molecule has 1 saturated heterocycles. The lowest BCUT2D eigenvalue weighted by Crippen LogP contribution is -2.37. The molecule has 0 aliphatic carbocycles. The number of aromatic nitrogens is 4. The summed E-state index contributed by atoms with van der Waals surface area (Å²) >= 11 is 0. The highest BCUT2D eigenvalue weighted by atomic mass is 16.5. The van der Waals surface area contributed by atoms with Gasteiger partial charge in [-0.1, -0.05) is 24.0 Å². The predicted molar refractivity (Wildman–Crippen MR) is 119 cm³/mol. The smallest absolute Gasteiger partial charge is 0.359 e. The third-order valence-corrected chi connectivity index (χ3v) is 5.16. The number of benzene rings is 1. The molecule has 0 radical (unpaired) electrons. The van der Waals surface area contributed by atoms with E-state index in [0.717, 1.165) is 0 Å². The van der Waals surface area contributed by atoms with Gasteiger partial charge in [-0.25, -0.2) is 19.4 Å². The maximum atomic E-state index is 12.5. The summed E-state index contributed by atoms with van der Waals surface area (Å²) in [6, 6.07) is 8.63. The molecule has 10 nitrogen and oxygen atoms in total. The maximum Gasteiger partial charge on any atom is 0.359 e. The minimum Gasteiger partial charge on any atom is -0.461 e. The number of nitrogens with zero attached hydrogens (tertiary/aromatic N) is 5. The summed E-state index contributed by atoms with van der Waals surface area (Å²) in [7, 11) is 1.62. The van der Waals surface area contributed by atoms with Crippen molar-refractivity contribution in [2.75, 3.05) is 25.9 Å². The molecule has 1 fully saturated rings. The summed E-state index contributed by atoms with van der Waals surface area (Å²) in [4.78, 5) is 34.9. The zero-order valence-corrected chi connectivity index (χ0v) is 18.1. The Morgan fingerprint density at radius 1 is 1.33 bits per heavy atom. The molecule has 1 amide bonds. The van der Waals surface area contributed by atoms with Gasteiger partial charge in [0, 0.05) is 43.5 Å².